The van der Waals surface area contributed by atoms with Crippen LogP contribution in [0.4, 0.5) is 0 Å². The lowest BCUT2D eigenvalue weighted by Gasteiger charge is -2.32. The van der Waals surface area contributed by atoms with Gasteiger partial charge in [-0.25, -0.2) is 8.42 Å². The van der Waals surface area contributed by atoms with Gasteiger partial charge in [0.2, 0.25) is 21.8 Å². The molecule has 0 unspecified atom stereocenters. The van der Waals surface area contributed by atoms with Gasteiger partial charge in [-0.1, -0.05) is 23.7 Å². The van der Waals surface area contributed by atoms with Crippen LogP contribution in [0.3, 0.4) is 0 Å². The highest BCUT2D eigenvalue weighted by molar-refractivity contribution is 7.89. The molecule has 0 heterocycles. The number of nitrogens with zero attached hydrogens (tertiary/aromatic N) is 2. The van der Waals surface area contributed by atoms with Crippen LogP contribution in [-0.2, 0) is 26.2 Å². The number of benzene rings is 2. The van der Waals surface area contributed by atoms with E-state index in [0.29, 0.717) is 10.8 Å². The Hall–Kier alpha value is -2.62. The number of nitrogens with one attached hydrogen (secondary N) is 1. The highest BCUT2D eigenvalue weighted by Crippen LogP contribution is 2.20. The van der Waals surface area contributed by atoms with Crippen molar-refractivity contribution < 1.29 is 22.7 Å². The average molecular weight is 510 g/mol. The van der Waals surface area contributed by atoms with E-state index in [1.165, 1.54) is 43.3 Å². The second-order valence-electron chi connectivity index (χ2n) is 9.00. The van der Waals surface area contributed by atoms with E-state index in [1.807, 2.05) is 26.8 Å². The number of rotatable bonds is 9. The van der Waals surface area contributed by atoms with Gasteiger partial charge in [-0.15, -0.1) is 0 Å². The van der Waals surface area contributed by atoms with Crippen molar-refractivity contribution in [2.45, 2.75) is 50.7 Å². The number of carbonyl (C=O) groups is 2. The summed E-state index contributed by atoms with van der Waals surface area (Å²) < 4.78 is 32.1. The van der Waals surface area contributed by atoms with Gasteiger partial charge in [0.1, 0.15) is 11.8 Å². The lowest BCUT2D eigenvalue weighted by molar-refractivity contribution is -0.141. The highest BCUT2D eigenvalue weighted by atomic mass is 35.5. The fourth-order valence-corrected chi connectivity index (χ4v) is 4.42. The van der Waals surface area contributed by atoms with Crippen LogP contribution in [-0.4, -0.2) is 61.7 Å². The molecule has 0 aliphatic heterocycles. The van der Waals surface area contributed by atoms with Crippen LogP contribution in [0.15, 0.2) is 53.4 Å². The summed E-state index contributed by atoms with van der Waals surface area (Å²) >= 11 is 5.86. The smallest absolute Gasteiger partial charge is 0.243 e. The summed E-state index contributed by atoms with van der Waals surface area (Å²) in [6, 6.07) is 12.0. The summed E-state index contributed by atoms with van der Waals surface area (Å²) in [5, 5.41) is 3.28. The van der Waals surface area contributed by atoms with Crippen LogP contribution in [0.25, 0.3) is 0 Å². The molecule has 0 saturated heterocycles. The van der Waals surface area contributed by atoms with Gasteiger partial charge in [0.25, 0.3) is 0 Å². The number of likely N-dealkylation sites (N-methyl/N-ethyl adjacent to an activating group) is 1. The first kappa shape index (κ1) is 27.6. The van der Waals surface area contributed by atoms with E-state index in [4.69, 9.17) is 16.3 Å². The molecule has 8 nitrogen and oxygen atoms in total. The molecule has 0 saturated carbocycles. The fraction of sp³-hybridized carbons (Fsp3) is 0.417. The van der Waals surface area contributed by atoms with E-state index in [9.17, 15) is 18.0 Å². The van der Waals surface area contributed by atoms with E-state index < -0.39 is 34.1 Å². The Morgan fingerprint density at radius 2 is 1.74 bits per heavy atom. The Bertz CT molecular complexity index is 1110. The van der Waals surface area contributed by atoms with Crippen LogP contribution in [0.2, 0.25) is 5.02 Å². The standard InChI is InChI=1S/C24H32ClN3O5S/c1-17(23(30)26-24(2,3)4)28(15-18-8-7-9-20(14-18)33-6)22(29)16-27(5)34(31,32)21-12-10-19(25)11-13-21/h7-14,17H,15-16H2,1-6H3,(H,26,30)/t17-/m1/s1. The molecular weight excluding hydrogens is 478 g/mol. The zero-order valence-electron chi connectivity index (χ0n) is 20.3. The van der Waals surface area contributed by atoms with Crippen LogP contribution in [0, 0.1) is 0 Å². The third-order valence-corrected chi connectivity index (χ3v) is 7.10. The quantitative estimate of drug-likeness (QED) is 0.559. The largest absolute Gasteiger partial charge is 0.497 e. The summed E-state index contributed by atoms with van der Waals surface area (Å²) in [6.07, 6.45) is 0. The van der Waals surface area contributed by atoms with Crippen molar-refractivity contribution in [2.24, 2.45) is 0 Å². The Kier molecular flexibility index (Phi) is 9.10. The Balaban J connectivity index is 2.31. The van der Waals surface area contributed by atoms with Gasteiger partial charge in [-0.2, -0.15) is 4.31 Å². The lowest BCUT2D eigenvalue weighted by atomic mass is 10.1. The number of hydrogen-bond donors (Lipinski definition) is 1. The SMILES string of the molecule is COc1cccc(CN(C(=O)CN(C)S(=O)(=O)c2ccc(Cl)cc2)[C@H](C)C(=O)NC(C)(C)C)c1. The number of methoxy groups -OCH3 is 1. The Morgan fingerprint density at radius 1 is 1.12 bits per heavy atom. The Morgan fingerprint density at radius 3 is 2.29 bits per heavy atom. The molecule has 2 aromatic rings. The van der Waals surface area contributed by atoms with Crippen molar-refractivity contribution in [3.05, 3.63) is 59.1 Å². The van der Waals surface area contributed by atoms with Gasteiger partial charge in [0, 0.05) is 24.2 Å². The normalized spacial score (nSPS) is 12.8. The summed E-state index contributed by atoms with van der Waals surface area (Å²) in [4.78, 5) is 27.6. The first-order valence-electron chi connectivity index (χ1n) is 10.7. The average Bonchev–Trinajstić information content (AvgIpc) is 2.76. The first-order valence-corrected chi connectivity index (χ1v) is 12.5. The van der Waals surface area contributed by atoms with Gasteiger partial charge in [0.15, 0.2) is 0 Å². The monoisotopic (exact) mass is 509 g/mol. The number of ether oxygens (including phenoxy) is 1. The second kappa shape index (κ2) is 11.2. The van der Waals surface area contributed by atoms with E-state index in [-0.39, 0.29) is 17.3 Å². The molecule has 0 fully saturated rings. The molecule has 10 heteroatoms. The molecule has 2 rings (SSSR count). The van der Waals surface area contributed by atoms with Gasteiger partial charge in [-0.3, -0.25) is 9.59 Å². The minimum absolute atomic E-state index is 0.0186. The van der Waals surface area contributed by atoms with Crippen molar-refractivity contribution in [1.82, 2.24) is 14.5 Å². The molecule has 1 atom stereocenters. The van der Waals surface area contributed by atoms with Crippen molar-refractivity contribution in [1.29, 1.82) is 0 Å². The molecule has 2 amide bonds. The minimum atomic E-state index is -3.94. The van der Waals surface area contributed by atoms with Crippen LogP contribution < -0.4 is 10.1 Å². The van der Waals surface area contributed by atoms with E-state index in [2.05, 4.69) is 5.32 Å². The van der Waals surface area contributed by atoms with Gasteiger partial charge in [-0.05, 0) is 69.7 Å². The maximum absolute atomic E-state index is 13.3. The highest BCUT2D eigenvalue weighted by Gasteiger charge is 2.31. The molecule has 0 aliphatic rings. The number of hydrogen-bond acceptors (Lipinski definition) is 5. The minimum Gasteiger partial charge on any atom is -0.497 e. The fourth-order valence-electron chi connectivity index (χ4n) is 3.18. The number of halogens is 1. The predicted molar refractivity (Wildman–Crippen MR) is 132 cm³/mol. The molecule has 1 N–H and O–H groups in total. The zero-order valence-corrected chi connectivity index (χ0v) is 21.9. The van der Waals surface area contributed by atoms with Crippen LogP contribution in [0.1, 0.15) is 33.3 Å². The molecule has 34 heavy (non-hydrogen) atoms. The van der Waals surface area contributed by atoms with Gasteiger partial charge in [0.05, 0.1) is 18.6 Å². The third kappa shape index (κ3) is 7.44. The Labute approximate surface area is 206 Å². The van der Waals surface area contributed by atoms with Gasteiger partial charge >= 0.3 is 0 Å². The van der Waals surface area contributed by atoms with E-state index in [1.54, 1.807) is 25.1 Å². The van der Waals surface area contributed by atoms with Crippen molar-refractivity contribution in [3.63, 3.8) is 0 Å². The molecule has 186 valence electrons. The third-order valence-electron chi connectivity index (χ3n) is 5.03. The van der Waals surface area contributed by atoms with Crippen molar-refractivity contribution in [2.75, 3.05) is 20.7 Å². The van der Waals surface area contributed by atoms with Crippen molar-refractivity contribution >= 4 is 33.4 Å². The molecule has 0 spiro atoms. The topological polar surface area (TPSA) is 96.0 Å². The molecular formula is C24H32ClN3O5S. The maximum atomic E-state index is 13.3. The summed E-state index contributed by atoms with van der Waals surface area (Å²) in [5.74, 6) is -0.245. The number of amides is 2. The second-order valence-corrected chi connectivity index (χ2v) is 11.5. The molecule has 2 aromatic carbocycles. The first-order chi connectivity index (χ1) is 15.7. The lowest BCUT2D eigenvalue weighted by Crippen LogP contribution is -2.54. The molecule has 0 radical (unpaired) electrons. The summed E-state index contributed by atoms with van der Waals surface area (Å²) in [5.41, 5.74) is 0.247. The van der Waals surface area contributed by atoms with Crippen LogP contribution >= 0.6 is 11.6 Å². The van der Waals surface area contributed by atoms with Gasteiger partial charge < -0.3 is 15.0 Å². The van der Waals surface area contributed by atoms with Crippen molar-refractivity contribution in [3.8, 4) is 5.75 Å². The molecule has 0 aliphatic carbocycles. The summed E-state index contributed by atoms with van der Waals surface area (Å²) in [7, 11) is -1.07. The number of sulfonamides is 1. The van der Waals surface area contributed by atoms with E-state index >= 15 is 0 Å². The van der Waals surface area contributed by atoms with E-state index in [0.717, 1.165) is 9.87 Å². The maximum Gasteiger partial charge on any atom is 0.243 e. The van der Waals surface area contributed by atoms with Crippen LogP contribution in [0.5, 0.6) is 5.75 Å². The molecule has 0 aromatic heterocycles. The summed E-state index contributed by atoms with van der Waals surface area (Å²) in [6.45, 7) is 6.81. The molecule has 0 bridgehead atoms. The zero-order chi connectivity index (χ0) is 25.7. The predicted octanol–water partition coefficient (Wildman–Crippen LogP) is 3.30. The number of carbonyl (C=O) groups excluding carboxylic acids is 2.